The van der Waals surface area contributed by atoms with E-state index in [-0.39, 0.29) is 0 Å². The summed E-state index contributed by atoms with van der Waals surface area (Å²) < 4.78 is 2.05. The fourth-order valence-corrected chi connectivity index (χ4v) is 0.922. The molecule has 0 saturated carbocycles. The van der Waals surface area contributed by atoms with Crippen LogP contribution < -0.4 is 0 Å². The van der Waals surface area contributed by atoms with Crippen molar-refractivity contribution in [3.63, 3.8) is 0 Å². The normalized spacial score (nSPS) is 10.2. The van der Waals surface area contributed by atoms with E-state index in [2.05, 4.69) is 16.5 Å². The van der Waals surface area contributed by atoms with Crippen molar-refractivity contribution in [3.8, 4) is 0 Å². The van der Waals surface area contributed by atoms with Gasteiger partial charge < -0.3 is 4.40 Å². The molecule has 0 aliphatic rings. The van der Waals surface area contributed by atoms with Crippen LogP contribution in [0.3, 0.4) is 0 Å². The van der Waals surface area contributed by atoms with Gasteiger partial charge in [0.1, 0.15) is 0 Å². The minimum atomic E-state index is 1.19. The average molecular weight is 116 g/mol. The minimum Gasteiger partial charge on any atom is -0.324 e. The standard InChI is InChI=1S/C8H6N/c1-2-6-9-7-3-5-8(9)4-1/h2-7H. The Hall–Kier alpha value is -1.24. The fourth-order valence-electron chi connectivity index (χ4n) is 0.922. The quantitative estimate of drug-likeness (QED) is 0.494. The third-order valence-electron chi connectivity index (χ3n) is 1.37. The van der Waals surface area contributed by atoms with Gasteiger partial charge in [-0.25, -0.2) is 0 Å². The Labute approximate surface area is 53.5 Å². The first-order valence-corrected chi connectivity index (χ1v) is 2.89. The molecule has 0 bridgehead atoms. The van der Waals surface area contributed by atoms with Gasteiger partial charge >= 0.3 is 0 Å². The van der Waals surface area contributed by atoms with Crippen molar-refractivity contribution >= 4 is 5.52 Å². The molecule has 2 aromatic rings. The van der Waals surface area contributed by atoms with Crippen molar-refractivity contribution in [3.05, 3.63) is 42.7 Å². The Balaban J connectivity index is 2.95. The number of hydrogen-bond acceptors (Lipinski definition) is 0. The summed E-state index contributed by atoms with van der Waals surface area (Å²) in [6.07, 6.45) is 4.00. The van der Waals surface area contributed by atoms with Gasteiger partial charge in [-0.1, -0.05) is 0 Å². The van der Waals surface area contributed by atoms with Crippen molar-refractivity contribution in [1.29, 1.82) is 0 Å². The largest absolute Gasteiger partial charge is 0.324 e. The first-order chi connectivity index (χ1) is 4.47. The highest BCUT2D eigenvalue weighted by Crippen LogP contribution is 2.00. The van der Waals surface area contributed by atoms with E-state index in [1.807, 2.05) is 30.6 Å². The molecule has 0 aliphatic heterocycles. The molecule has 2 heterocycles. The van der Waals surface area contributed by atoms with Gasteiger partial charge in [0.15, 0.2) is 0 Å². The molecule has 0 unspecified atom stereocenters. The lowest BCUT2D eigenvalue weighted by Gasteiger charge is -1.88. The Bertz CT molecular complexity index is 279. The topological polar surface area (TPSA) is 4.41 Å². The van der Waals surface area contributed by atoms with Crippen LogP contribution in [0.25, 0.3) is 5.52 Å². The number of fused-ring (bicyclic) bond motifs is 1. The Kier molecular flexibility index (Phi) is 0.833. The summed E-state index contributed by atoms with van der Waals surface area (Å²) in [5.74, 6) is 0. The van der Waals surface area contributed by atoms with Crippen LogP contribution in [0.4, 0.5) is 0 Å². The van der Waals surface area contributed by atoms with Crippen LogP contribution in [0.15, 0.2) is 36.7 Å². The van der Waals surface area contributed by atoms with E-state index in [1.165, 1.54) is 5.52 Å². The summed E-state index contributed by atoms with van der Waals surface area (Å²) in [5, 5.41) is 0. The van der Waals surface area contributed by atoms with Gasteiger partial charge in [-0.2, -0.15) is 0 Å². The molecule has 0 aliphatic carbocycles. The van der Waals surface area contributed by atoms with E-state index in [0.29, 0.717) is 0 Å². The third kappa shape index (κ3) is 0.617. The van der Waals surface area contributed by atoms with E-state index >= 15 is 0 Å². The minimum absolute atomic E-state index is 1.19. The second kappa shape index (κ2) is 1.62. The van der Waals surface area contributed by atoms with Crippen molar-refractivity contribution in [2.24, 2.45) is 0 Å². The van der Waals surface area contributed by atoms with E-state index in [0.717, 1.165) is 0 Å². The van der Waals surface area contributed by atoms with Crippen LogP contribution in [-0.2, 0) is 0 Å². The maximum atomic E-state index is 3.00. The van der Waals surface area contributed by atoms with Gasteiger partial charge in [0, 0.05) is 17.9 Å². The van der Waals surface area contributed by atoms with Crippen LogP contribution in [0.1, 0.15) is 0 Å². The maximum Gasteiger partial charge on any atom is 0.0456 e. The molecule has 2 rings (SSSR count). The zero-order valence-corrected chi connectivity index (χ0v) is 4.91. The molecule has 0 fully saturated rings. The summed E-state index contributed by atoms with van der Waals surface area (Å²) >= 11 is 0. The molecule has 0 N–H and O–H groups in total. The van der Waals surface area contributed by atoms with Gasteiger partial charge in [-0.15, -0.1) is 0 Å². The van der Waals surface area contributed by atoms with Gasteiger partial charge in [-0.3, -0.25) is 0 Å². The molecule has 1 nitrogen and oxygen atoms in total. The predicted molar refractivity (Wildman–Crippen MR) is 36.2 cm³/mol. The predicted octanol–water partition coefficient (Wildman–Crippen LogP) is 1.74. The van der Waals surface area contributed by atoms with E-state index < -0.39 is 0 Å². The third-order valence-corrected chi connectivity index (χ3v) is 1.37. The summed E-state index contributed by atoms with van der Waals surface area (Å²) in [5.41, 5.74) is 1.19. The van der Waals surface area contributed by atoms with Crippen LogP contribution in [0.2, 0.25) is 0 Å². The lowest BCUT2D eigenvalue weighted by atomic mass is 10.4. The zero-order chi connectivity index (χ0) is 6.10. The lowest BCUT2D eigenvalue weighted by molar-refractivity contribution is 1.20. The lowest BCUT2D eigenvalue weighted by Crippen LogP contribution is -1.76. The van der Waals surface area contributed by atoms with Crippen molar-refractivity contribution in [2.45, 2.75) is 0 Å². The van der Waals surface area contributed by atoms with Gasteiger partial charge in [0.05, 0.1) is 0 Å². The monoisotopic (exact) mass is 116 g/mol. The molecule has 1 radical (unpaired) electrons. The smallest absolute Gasteiger partial charge is 0.0456 e. The molecule has 0 aromatic carbocycles. The molecule has 1 heteroatoms. The highest BCUT2D eigenvalue weighted by molar-refractivity contribution is 5.46. The fraction of sp³-hybridized carbons (Fsp3) is 0. The van der Waals surface area contributed by atoms with Crippen LogP contribution in [0, 0.1) is 6.07 Å². The van der Waals surface area contributed by atoms with Crippen molar-refractivity contribution < 1.29 is 0 Å². The summed E-state index contributed by atoms with van der Waals surface area (Å²) in [7, 11) is 0. The first kappa shape index (κ1) is 4.62. The highest BCUT2D eigenvalue weighted by Gasteiger charge is 1.84. The highest BCUT2D eigenvalue weighted by atomic mass is 14.8. The van der Waals surface area contributed by atoms with Gasteiger partial charge in [0.25, 0.3) is 0 Å². The number of aromatic nitrogens is 1. The molecule has 43 valence electrons. The second-order valence-electron chi connectivity index (χ2n) is 1.97. The molecule has 0 saturated heterocycles. The van der Waals surface area contributed by atoms with Crippen molar-refractivity contribution in [1.82, 2.24) is 4.40 Å². The van der Waals surface area contributed by atoms with Crippen LogP contribution in [0.5, 0.6) is 0 Å². The summed E-state index contributed by atoms with van der Waals surface area (Å²) in [4.78, 5) is 0. The van der Waals surface area contributed by atoms with Gasteiger partial charge in [0.2, 0.25) is 0 Å². The molecule has 0 atom stereocenters. The molecular weight excluding hydrogens is 110 g/mol. The van der Waals surface area contributed by atoms with Crippen molar-refractivity contribution in [2.75, 3.05) is 0 Å². The van der Waals surface area contributed by atoms with Crippen LogP contribution >= 0.6 is 0 Å². The molecule has 0 amide bonds. The second-order valence-corrected chi connectivity index (χ2v) is 1.97. The summed E-state index contributed by atoms with van der Waals surface area (Å²) in [6, 6.07) is 10.9. The van der Waals surface area contributed by atoms with E-state index in [1.54, 1.807) is 0 Å². The first-order valence-electron chi connectivity index (χ1n) is 2.89. The van der Waals surface area contributed by atoms with E-state index in [9.17, 15) is 0 Å². The number of hydrogen-bond donors (Lipinski definition) is 0. The number of rotatable bonds is 0. The molecule has 0 spiro atoms. The molecular formula is C8H6N. The molecule has 2 aromatic heterocycles. The van der Waals surface area contributed by atoms with Gasteiger partial charge in [-0.05, 0) is 30.3 Å². The number of nitrogens with zero attached hydrogens (tertiary/aromatic N) is 1. The average Bonchev–Trinajstić information content (AvgIpc) is 2.33. The Morgan fingerprint density at radius 2 is 2.33 bits per heavy atom. The Morgan fingerprint density at radius 1 is 1.33 bits per heavy atom. The molecule has 9 heavy (non-hydrogen) atoms. The van der Waals surface area contributed by atoms with Crippen LogP contribution in [-0.4, -0.2) is 4.40 Å². The zero-order valence-electron chi connectivity index (χ0n) is 4.91. The summed E-state index contributed by atoms with van der Waals surface area (Å²) in [6.45, 7) is 0. The SMILES string of the molecule is [c]1ccn2cccc2c1. The van der Waals surface area contributed by atoms with E-state index in [4.69, 9.17) is 0 Å². The maximum absolute atomic E-state index is 3.00. The number of pyridine rings is 1. The Morgan fingerprint density at radius 3 is 3.22 bits per heavy atom.